The summed E-state index contributed by atoms with van der Waals surface area (Å²) in [5, 5.41) is 4.74. The summed E-state index contributed by atoms with van der Waals surface area (Å²) < 4.78 is 19.8. The summed E-state index contributed by atoms with van der Waals surface area (Å²) in [6.45, 7) is 3.37. The Morgan fingerprint density at radius 2 is 2.04 bits per heavy atom. The van der Waals surface area contributed by atoms with Crippen molar-refractivity contribution in [3.8, 4) is 11.6 Å². The molecular formula is C15H16ClFN4O2S. The lowest BCUT2D eigenvalue weighted by Gasteiger charge is -2.18. The van der Waals surface area contributed by atoms with E-state index in [2.05, 4.69) is 15.3 Å². The van der Waals surface area contributed by atoms with Gasteiger partial charge in [-0.2, -0.15) is 4.98 Å². The van der Waals surface area contributed by atoms with Gasteiger partial charge in [-0.1, -0.05) is 11.6 Å². The van der Waals surface area contributed by atoms with Crippen molar-refractivity contribution in [1.82, 2.24) is 15.0 Å². The summed E-state index contributed by atoms with van der Waals surface area (Å²) in [6.07, 6.45) is 0. The lowest BCUT2D eigenvalue weighted by molar-refractivity contribution is -0.0391. The molecule has 0 saturated heterocycles. The van der Waals surface area contributed by atoms with Gasteiger partial charge in [-0.05, 0) is 38.2 Å². The summed E-state index contributed by atoms with van der Waals surface area (Å²) in [4.78, 5) is 13.1. The normalized spacial score (nSPS) is 10.4. The Balaban J connectivity index is 2.20. The number of rotatable bonds is 4. The lowest BCUT2D eigenvalue weighted by Crippen LogP contribution is -2.29. The number of ether oxygens (including phenoxy) is 1. The molecule has 0 aliphatic heterocycles. The fourth-order valence-corrected chi connectivity index (χ4v) is 2.12. The van der Waals surface area contributed by atoms with Crippen LogP contribution in [-0.2, 0) is 4.84 Å². The van der Waals surface area contributed by atoms with Crippen LogP contribution in [0.1, 0.15) is 11.4 Å². The standard InChI is InChI=1S/C15H16ClFN4O2S/c1-8-13(16)18-9(2)19-14(8)23-12-6-5-10(7-11(12)17)20-15(24)21(3)22-4/h5-7H,1-4H3,(H,20,24). The van der Waals surface area contributed by atoms with Crippen molar-refractivity contribution in [2.24, 2.45) is 0 Å². The Hall–Kier alpha value is -2.03. The number of nitrogens with zero attached hydrogens (tertiary/aromatic N) is 3. The van der Waals surface area contributed by atoms with Gasteiger partial charge in [0.1, 0.15) is 11.0 Å². The number of aromatic nitrogens is 2. The van der Waals surface area contributed by atoms with Gasteiger partial charge in [-0.25, -0.2) is 14.4 Å². The van der Waals surface area contributed by atoms with E-state index >= 15 is 0 Å². The number of halogens is 2. The molecule has 1 heterocycles. The third-order valence-corrected chi connectivity index (χ3v) is 3.83. The van der Waals surface area contributed by atoms with E-state index in [0.29, 0.717) is 22.2 Å². The smallest absolute Gasteiger partial charge is 0.227 e. The molecule has 1 N–H and O–H groups in total. The van der Waals surface area contributed by atoms with Crippen LogP contribution in [0.2, 0.25) is 5.15 Å². The molecule has 1 aromatic heterocycles. The van der Waals surface area contributed by atoms with Gasteiger partial charge in [0.15, 0.2) is 16.7 Å². The molecule has 0 saturated carbocycles. The van der Waals surface area contributed by atoms with Crippen LogP contribution in [0.5, 0.6) is 11.6 Å². The number of benzene rings is 1. The predicted molar refractivity (Wildman–Crippen MR) is 94.0 cm³/mol. The molecule has 0 atom stereocenters. The van der Waals surface area contributed by atoms with Gasteiger partial charge in [0.2, 0.25) is 5.88 Å². The second kappa shape index (κ2) is 7.69. The van der Waals surface area contributed by atoms with Crippen molar-refractivity contribution in [2.75, 3.05) is 19.5 Å². The Kier molecular flexibility index (Phi) is 5.87. The number of hydrogen-bond donors (Lipinski definition) is 1. The highest BCUT2D eigenvalue weighted by Gasteiger charge is 2.13. The molecule has 0 amide bonds. The summed E-state index contributed by atoms with van der Waals surface area (Å²) in [5.41, 5.74) is 0.995. The molecule has 0 unspecified atom stereocenters. The van der Waals surface area contributed by atoms with E-state index in [1.54, 1.807) is 27.0 Å². The first-order chi connectivity index (χ1) is 11.3. The van der Waals surface area contributed by atoms with Gasteiger partial charge in [-0.15, -0.1) is 0 Å². The first-order valence-electron chi connectivity index (χ1n) is 6.88. The van der Waals surface area contributed by atoms with Crippen molar-refractivity contribution in [1.29, 1.82) is 0 Å². The van der Waals surface area contributed by atoms with Crippen molar-refractivity contribution in [3.05, 3.63) is 40.6 Å². The molecule has 6 nitrogen and oxygen atoms in total. The third-order valence-electron chi connectivity index (χ3n) is 3.10. The highest BCUT2D eigenvalue weighted by Crippen LogP contribution is 2.29. The van der Waals surface area contributed by atoms with E-state index < -0.39 is 5.82 Å². The highest BCUT2D eigenvalue weighted by atomic mass is 35.5. The molecule has 0 fully saturated rings. The summed E-state index contributed by atoms with van der Waals surface area (Å²) in [7, 11) is 3.11. The summed E-state index contributed by atoms with van der Waals surface area (Å²) >= 11 is 11.1. The van der Waals surface area contributed by atoms with E-state index in [4.69, 9.17) is 33.4 Å². The number of hydroxylamine groups is 2. The minimum atomic E-state index is -0.574. The van der Waals surface area contributed by atoms with E-state index in [9.17, 15) is 4.39 Å². The van der Waals surface area contributed by atoms with Crippen LogP contribution in [-0.4, -0.2) is 34.3 Å². The van der Waals surface area contributed by atoms with Gasteiger partial charge < -0.3 is 10.1 Å². The molecule has 0 bridgehead atoms. The Morgan fingerprint density at radius 3 is 2.67 bits per heavy atom. The Morgan fingerprint density at radius 1 is 1.33 bits per heavy atom. The third kappa shape index (κ3) is 4.28. The lowest BCUT2D eigenvalue weighted by atomic mass is 10.3. The van der Waals surface area contributed by atoms with E-state index in [1.807, 2.05) is 0 Å². The minimum absolute atomic E-state index is 0.0174. The maximum Gasteiger partial charge on any atom is 0.227 e. The van der Waals surface area contributed by atoms with Crippen molar-refractivity contribution < 1.29 is 14.0 Å². The monoisotopic (exact) mass is 370 g/mol. The topological polar surface area (TPSA) is 59.5 Å². The van der Waals surface area contributed by atoms with E-state index in [0.717, 1.165) is 0 Å². The number of thiocarbonyl (C=S) groups is 1. The van der Waals surface area contributed by atoms with Crippen LogP contribution in [0.15, 0.2) is 18.2 Å². The zero-order chi connectivity index (χ0) is 17.9. The number of anilines is 1. The van der Waals surface area contributed by atoms with Crippen molar-refractivity contribution >= 4 is 34.6 Å². The summed E-state index contributed by atoms with van der Waals surface area (Å²) in [5.74, 6) is 0.0903. The molecule has 2 aromatic rings. The second-order valence-electron chi connectivity index (χ2n) is 4.85. The molecule has 2 rings (SSSR count). The quantitative estimate of drug-likeness (QED) is 0.498. The molecule has 24 heavy (non-hydrogen) atoms. The minimum Gasteiger partial charge on any atom is -0.435 e. The SMILES string of the molecule is CON(C)C(=S)Nc1ccc(Oc2nc(C)nc(Cl)c2C)c(F)c1. The van der Waals surface area contributed by atoms with Crippen molar-refractivity contribution in [3.63, 3.8) is 0 Å². The Bertz CT molecular complexity index is 775. The molecule has 0 spiro atoms. The zero-order valence-electron chi connectivity index (χ0n) is 13.6. The van der Waals surface area contributed by atoms with Crippen LogP contribution in [0.25, 0.3) is 0 Å². The largest absolute Gasteiger partial charge is 0.435 e. The van der Waals surface area contributed by atoms with Gasteiger partial charge in [0.05, 0.1) is 7.11 Å². The number of aryl methyl sites for hydroxylation is 1. The van der Waals surface area contributed by atoms with Gasteiger partial charge in [-0.3, -0.25) is 4.84 Å². The second-order valence-corrected chi connectivity index (χ2v) is 5.59. The molecule has 9 heteroatoms. The molecule has 1 aromatic carbocycles. The maximum atomic E-state index is 14.3. The van der Waals surface area contributed by atoms with Crippen LogP contribution >= 0.6 is 23.8 Å². The maximum absolute atomic E-state index is 14.3. The molecular weight excluding hydrogens is 355 g/mol. The van der Waals surface area contributed by atoms with Crippen LogP contribution in [0, 0.1) is 19.7 Å². The number of hydrogen-bond acceptors (Lipinski definition) is 5. The summed E-state index contributed by atoms with van der Waals surface area (Å²) in [6, 6.07) is 4.35. The highest BCUT2D eigenvalue weighted by molar-refractivity contribution is 7.80. The average molecular weight is 371 g/mol. The number of nitrogens with one attached hydrogen (secondary N) is 1. The van der Waals surface area contributed by atoms with E-state index in [-0.39, 0.29) is 16.8 Å². The average Bonchev–Trinajstić information content (AvgIpc) is 2.53. The molecule has 0 aliphatic carbocycles. The first-order valence-corrected chi connectivity index (χ1v) is 7.67. The van der Waals surface area contributed by atoms with Gasteiger partial charge in [0.25, 0.3) is 0 Å². The van der Waals surface area contributed by atoms with Gasteiger partial charge >= 0.3 is 0 Å². The predicted octanol–water partition coefficient (Wildman–Crippen LogP) is 3.87. The molecule has 128 valence electrons. The molecule has 0 aliphatic rings. The fourth-order valence-electron chi connectivity index (χ4n) is 1.72. The van der Waals surface area contributed by atoms with Crippen LogP contribution < -0.4 is 10.1 Å². The van der Waals surface area contributed by atoms with Crippen LogP contribution in [0.4, 0.5) is 10.1 Å². The molecule has 0 radical (unpaired) electrons. The van der Waals surface area contributed by atoms with E-state index in [1.165, 1.54) is 24.3 Å². The Labute approximate surface area is 149 Å². The van der Waals surface area contributed by atoms with Crippen molar-refractivity contribution in [2.45, 2.75) is 13.8 Å². The fraction of sp³-hybridized carbons (Fsp3) is 0.267. The van der Waals surface area contributed by atoms with Crippen LogP contribution in [0.3, 0.4) is 0 Å². The zero-order valence-corrected chi connectivity index (χ0v) is 15.1. The first kappa shape index (κ1) is 18.3. The van der Waals surface area contributed by atoms with Gasteiger partial charge in [0, 0.05) is 24.4 Å².